The van der Waals surface area contributed by atoms with Crippen LogP contribution in [0.2, 0.25) is 0 Å². The number of aliphatic hydroxyl groups is 1. The van der Waals surface area contributed by atoms with Crippen molar-refractivity contribution in [3.63, 3.8) is 0 Å². The predicted octanol–water partition coefficient (Wildman–Crippen LogP) is 3.59. The third-order valence-corrected chi connectivity index (χ3v) is 5.65. The number of nitrogens with zero attached hydrogens (tertiary/aromatic N) is 1. The number of benzene rings is 1. The van der Waals surface area contributed by atoms with Gasteiger partial charge in [-0.05, 0) is 36.8 Å². The molecule has 0 aliphatic carbocycles. The number of likely N-dealkylation sites (tertiary alicyclic amines) is 1. The van der Waals surface area contributed by atoms with E-state index in [1.165, 1.54) is 5.39 Å². The van der Waals surface area contributed by atoms with Crippen LogP contribution in [-0.2, 0) is 0 Å². The second-order valence-electron chi connectivity index (χ2n) is 5.74. The maximum absolute atomic E-state index is 12.9. The Hall–Kier alpha value is -1.39. The highest BCUT2D eigenvalue weighted by molar-refractivity contribution is 7.21. The van der Waals surface area contributed by atoms with Gasteiger partial charge in [0.05, 0.1) is 17.5 Å². The molecule has 1 aliphatic rings. The number of hydrogen-bond acceptors (Lipinski definition) is 3. The summed E-state index contributed by atoms with van der Waals surface area (Å²) in [5.41, 5.74) is 1.07. The first-order chi connectivity index (χ1) is 10.2. The van der Waals surface area contributed by atoms with E-state index in [0.717, 1.165) is 47.4 Å². The van der Waals surface area contributed by atoms with Gasteiger partial charge in [0.2, 0.25) is 0 Å². The van der Waals surface area contributed by atoms with E-state index in [-0.39, 0.29) is 18.6 Å². The monoisotopic (exact) mass is 303 g/mol. The molecule has 1 saturated heterocycles. The van der Waals surface area contributed by atoms with Crippen LogP contribution in [0, 0.1) is 6.92 Å². The van der Waals surface area contributed by atoms with Crippen molar-refractivity contribution in [3.05, 3.63) is 34.7 Å². The Balaban J connectivity index is 1.96. The largest absolute Gasteiger partial charge is 0.394 e. The van der Waals surface area contributed by atoms with Gasteiger partial charge in [-0.3, -0.25) is 4.79 Å². The summed E-state index contributed by atoms with van der Waals surface area (Å²) in [5, 5.41) is 10.8. The fraction of sp³-hybridized carbons (Fsp3) is 0.471. The third-order valence-electron chi connectivity index (χ3n) is 4.39. The molecule has 2 heterocycles. The van der Waals surface area contributed by atoms with Crippen molar-refractivity contribution in [2.24, 2.45) is 0 Å². The minimum atomic E-state index is -0.0235. The molecule has 4 heteroatoms. The lowest BCUT2D eigenvalue weighted by Crippen LogP contribution is -2.42. The first-order valence-electron chi connectivity index (χ1n) is 7.62. The molecular formula is C17H21NO2S. The molecule has 0 saturated carbocycles. The number of fused-ring (bicyclic) bond motifs is 1. The summed E-state index contributed by atoms with van der Waals surface area (Å²) in [6.45, 7) is 2.85. The number of aryl methyl sites for hydroxylation is 1. The van der Waals surface area contributed by atoms with E-state index in [1.54, 1.807) is 11.3 Å². The average molecular weight is 303 g/mol. The van der Waals surface area contributed by atoms with Gasteiger partial charge < -0.3 is 10.0 Å². The highest BCUT2D eigenvalue weighted by atomic mass is 32.1. The molecule has 1 aromatic heterocycles. The lowest BCUT2D eigenvalue weighted by atomic mass is 10.1. The van der Waals surface area contributed by atoms with Crippen LogP contribution >= 0.6 is 11.3 Å². The van der Waals surface area contributed by atoms with Crippen LogP contribution in [0.5, 0.6) is 0 Å². The van der Waals surface area contributed by atoms with Gasteiger partial charge in [-0.1, -0.05) is 31.0 Å². The summed E-state index contributed by atoms with van der Waals surface area (Å²) in [6, 6.07) is 8.14. The molecule has 1 fully saturated rings. The smallest absolute Gasteiger partial charge is 0.264 e. The van der Waals surface area contributed by atoms with Gasteiger partial charge >= 0.3 is 0 Å². The van der Waals surface area contributed by atoms with Gasteiger partial charge in [-0.15, -0.1) is 11.3 Å². The Labute approximate surface area is 129 Å². The number of rotatable bonds is 2. The second kappa shape index (κ2) is 6.16. The van der Waals surface area contributed by atoms with Gasteiger partial charge in [0, 0.05) is 11.2 Å². The van der Waals surface area contributed by atoms with Gasteiger partial charge in [0.1, 0.15) is 0 Å². The highest BCUT2D eigenvalue weighted by Gasteiger charge is 2.28. The molecule has 0 radical (unpaired) electrons. The zero-order valence-electron chi connectivity index (χ0n) is 12.3. The van der Waals surface area contributed by atoms with Gasteiger partial charge in [-0.25, -0.2) is 0 Å². The van der Waals surface area contributed by atoms with Crippen molar-refractivity contribution in [3.8, 4) is 0 Å². The van der Waals surface area contributed by atoms with Crippen molar-refractivity contribution in [1.29, 1.82) is 0 Å². The van der Waals surface area contributed by atoms with Crippen molar-refractivity contribution >= 4 is 27.3 Å². The molecule has 112 valence electrons. The second-order valence-corrected chi connectivity index (χ2v) is 6.79. The first-order valence-corrected chi connectivity index (χ1v) is 8.44. The van der Waals surface area contributed by atoms with Crippen LogP contribution in [-0.4, -0.2) is 35.1 Å². The van der Waals surface area contributed by atoms with Gasteiger partial charge in [-0.2, -0.15) is 0 Å². The molecule has 0 spiro atoms. The zero-order chi connectivity index (χ0) is 14.8. The van der Waals surface area contributed by atoms with E-state index in [9.17, 15) is 9.90 Å². The Morgan fingerprint density at radius 1 is 1.33 bits per heavy atom. The normalized spacial score (nSPS) is 19.7. The fourth-order valence-electron chi connectivity index (χ4n) is 3.14. The molecule has 3 rings (SSSR count). The van der Waals surface area contributed by atoms with Gasteiger partial charge in [0.15, 0.2) is 0 Å². The molecule has 1 aliphatic heterocycles. The number of carbonyl (C=O) groups excluding carboxylic acids is 1. The van der Waals surface area contributed by atoms with Crippen LogP contribution < -0.4 is 0 Å². The minimum Gasteiger partial charge on any atom is -0.394 e. The Morgan fingerprint density at radius 3 is 2.90 bits per heavy atom. The van der Waals surface area contributed by atoms with Crippen molar-refractivity contribution in [2.45, 2.75) is 38.6 Å². The highest BCUT2D eigenvalue weighted by Crippen LogP contribution is 2.32. The molecular weight excluding hydrogens is 282 g/mol. The topological polar surface area (TPSA) is 40.5 Å². The molecule has 2 aromatic rings. The maximum atomic E-state index is 12.9. The van der Waals surface area contributed by atoms with E-state index in [1.807, 2.05) is 24.0 Å². The fourth-order valence-corrected chi connectivity index (χ4v) is 4.31. The van der Waals surface area contributed by atoms with E-state index in [4.69, 9.17) is 0 Å². The number of carbonyl (C=O) groups is 1. The summed E-state index contributed by atoms with van der Waals surface area (Å²) in [5.74, 6) is 0.0923. The first kappa shape index (κ1) is 14.5. The van der Waals surface area contributed by atoms with Gasteiger partial charge in [0.25, 0.3) is 5.91 Å². The molecule has 1 aromatic carbocycles. The molecule has 1 N–H and O–H groups in total. The summed E-state index contributed by atoms with van der Waals surface area (Å²) in [4.78, 5) is 15.7. The average Bonchev–Trinajstić information content (AvgIpc) is 2.71. The molecule has 1 atom stereocenters. The Morgan fingerprint density at radius 2 is 2.14 bits per heavy atom. The maximum Gasteiger partial charge on any atom is 0.264 e. The quantitative estimate of drug-likeness (QED) is 0.921. The van der Waals surface area contributed by atoms with E-state index >= 15 is 0 Å². The predicted molar refractivity (Wildman–Crippen MR) is 86.9 cm³/mol. The van der Waals surface area contributed by atoms with Crippen molar-refractivity contribution in [2.75, 3.05) is 13.2 Å². The molecule has 1 unspecified atom stereocenters. The zero-order valence-corrected chi connectivity index (χ0v) is 13.2. The standard InChI is InChI=1S/C17H21NO2S/c1-12-14-8-4-5-9-15(14)21-16(12)17(20)18-10-6-2-3-7-13(18)11-19/h4-5,8-9,13,19H,2-3,6-7,10-11H2,1H3. The van der Waals surface area contributed by atoms with Crippen LogP contribution in [0.1, 0.15) is 40.9 Å². The van der Waals surface area contributed by atoms with Crippen LogP contribution in [0.3, 0.4) is 0 Å². The van der Waals surface area contributed by atoms with Crippen LogP contribution in [0.4, 0.5) is 0 Å². The lowest BCUT2D eigenvalue weighted by molar-refractivity contribution is 0.0604. The van der Waals surface area contributed by atoms with Crippen molar-refractivity contribution < 1.29 is 9.90 Å². The summed E-state index contributed by atoms with van der Waals surface area (Å²) in [7, 11) is 0. The number of amides is 1. The number of thiophene rings is 1. The van der Waals surface area contributed by atoms with E-state index in [0.29, 0.717) is 0 Å². The van der Waals surface area contributed by atoms with E-state index < -0.39 is 0 Å². The summed E-state index contributed by atoms with van der Waals surface area (Å²) < 4.78 is 1.16. The Bertz CT molecular complexity index is 649. The number of aliphatic hydroxyl groups excluding tert-OH is 1. The summed E-state index contributed by atoms with van der Waals surface area (Å²) in [6.07, 6.45) is 4.18. The molecule has 1 amide bonds. The molecule has 3 nitrogen and oxygen atoms in total. The van der Waals surface area contributed by atoms with E-state index in [2.05, 4.69) is 12.1 Å². The summed E-state index contributed by atoms with van der Waals surface area (Å²) >= 11 is 1.57. The molecule has 0 bridgehead atoms. The minimum absolute atomic E-state index is 0.0235. The van der Waals surface area contributed by atoms with Crippen molar-refractivity contribution in [1.82, 2.24) is 4.90 Å². The van der Waals surface area contributed by atoms with Crippen LogP contribution in [0.15, 0.2) is 24.3 Å². The number of hydrogen-bond donors (Lipinski definition) is 1. The Kier molecular flexibility index (Phi) is 4.27. The van der Waals surface area contributed by atoms with Crippen LogP contribution in [0.25, 0.3) is 10.1 Å². The molecule has 21 heavy (non-hydrogen) atoms. The SMILES string of the molecule is Cc1c(C(=O)N2CCCCCC2CO)sc2ccccc12. The third kappa shape index (κ3) is 2.70. The lowest BCUT2D eigenvalue weighted by Gasteiger charge is -2.28.